The molecule has 0 fully saturated rings. The largest absolute Gasteiger partial charge is 0.369 e. The average molecular weight is 293 g/mol. The third kappa shape index (κ3) is 4.61. The molecular weight excluding hydrogens is 280 g/mol. The van der Waals surface area contributed by atoms with Crippen LogP contribution in [0.5, 0.6) is 0 Å². The van der Waals surface area contributed by atoms with E-state index in [4.69, 9.17) is 0 Å². The molecule has 0 atom stereocenters. The predicted molar refractivity (Wildman–Crippen MR) is 64.8 cm³/mol. The van der Waals surface area contributed by atoms with Gasteiger partial charge in [0.15, 0.2) is 9.84 Å². The first-order valence-corrected chi connectivity index (χ1v) is 7.22. The second-order valence-electron chi connectivity index (χ2n) is 3.01. The van der Waals surface area contributed by atoms with Gasteiger partial charge in [0.2, 0.25) is 0 Å². The molecule has 0 aliphatic carbocycles. The van der Waals surface area contributed by atoms with Crippen LogP contribution in [-0.2, 0) is 9.84 Å². The summed E-state index contributed by atoms with van der Waals surface area (Å²) in [6.07, 6.45) is 0. The first kappa shape index (κ1) is 12.4. The van der Waals surface area contributed by atoms with Gasteiger partial charge in [0, 0.05) is 12.3 Å². The molecule has 0 unspecified atom stereocenters. The van der Waals surface area contributed by atoms with E-state index in [1.54, 1.807) is 13.0 Å². The molecule has 15 heavy (non-hydrogen) atoms. The van der Waals surface area contributed by atoms with Crippen LogP contribution in [0.1, 0.15) is 6.92 Å². The number of sulfone groups is 1. The van der Waals surface area contributed by atoms with Gasteiger partial charge in [-0.05, 0) is 28.1 Å². The van der Waals surface area contributed by atoms with Gasteiger partial charge in [-0.15, -0.1) is 0 Å². The lowest BCUT2D eigenvalue weighted by molar-refractivity contribution is 0.597. The molecule has 0 aromatic carbocycles. The SMILES string of the molecule is CCS(=O)(=O)CCNc1cccc(Br)n1. The Hall–Kier alpha value is -0.620. The Morgan fingerprint density at radius 1 is 1.47 bits per heavy atom. The summed E-state index contributed by atoms with van der Waals surface area (Å²) in [5, 5.41) is 2.96. The van der Waals surface area contributed by atoms with E-state index in [0.29, 0.717) is 12.4 Å². The predicted octanol–water partition coefficient (Wildman–Crippen LogP) is 1.69. The maximum atomic E-state index is 11.2. The van der Waals surface area contributed by atoms with Crippen molar-refractivity contribution in [1.82, 2.24) is 4.98 Å². The van der Waals surface area contributed by atoms with Crippen LogP contribution in [0.2, 0.25) is 0 Å². The number of halogens is 1. The number of nitrogens with zero attached hydrogens (tertiary/aromatic N) is 1. The number of pyridine rings is 1. The van der Waals surface area contributed by atoms with Crippen LogP contribution >= 0.6 is 15.9 Å². The van der Waals surface area contributed by atoms with Crippen LogP contribution in [-0.4, -0.2) is 31.5 Å². The van der Waals surface area contributed by atoms with Gasteiger partial charge in [0.1, 0.15) is 10.4 Å². The molecule has 0 aliphatic rings. The van der Waals surface area contributed by atoms with Gasteiger partial charge in [-0.3, -0.25) is 0 Å². The molecule has 6 heteroatoms. The molecule has 0 aliphatic heterocycles. The third-order valence-electron chi connectivity index (χ3n) is 1.87. The van der Waals surface area contributed by atoms with Gasteiger partial charge < -0.3 is 5.32 Å². The van der Waals surface area contributed by atoms with E-state index in [9.17, 15) is 8.42 Å². The topological polar surface area (TPSA) is 59.1 Å². The Kier molecular flexibility index (Phi) is 4.53. The average Bonchev–Trinajstić information content (AvgIpc) is 2.18. The number of nitrogens with one attached hydrogen (secondary N) is 1. The molecule has 1 N–H and O–H groups in total. The van der Waals surface area contributed by atoms with Crippen LogP contribution in [0, 0.1) is 0 Å². The summed E-state index contributed by atoms with van der Waals surface area (Å²) in [6, 6.07) is 5.45. The molecule has 84 valence electrons. The molecule has 1 aromatic heterocycles. The van der Waals surface area contributed by atoms with Crippen molar-refractivity contribution >= 4 is 31.6 Å². The van der Waals surface area contributed by atoms with Crippen LogP contribution < -0.4 is 5.32 Å². The summed E-state index contributed by atoms with van der Waals surface area (Å²) in [7, 11) is -2.90. The Bertz CT molecular complexity index is 420. The van der Waals surface area contributed by atoms with E-state index >= 15 is 0 Å². The van der Waals surface area contributed by atoms with Crippen molar-refractivity contribution in [2.24, 2.45) is 0 Å². The highest BCUT2D eigenvalue weighted by molar-refractivity contribution is 9.10. The maximum Gasteiger partial charge on any atom is 0.151 e. The fourth-order valence-corrected chi connectivity index (χ4v) is 2.03. The zero-order valence-corrected chi connectivity index (χ0v) is 10.8. The van der Waals surface area contributed by atoms with Crippen molar-refractivity contribution in [2.75, 3.05) is 23.4 Å². The minimum Gasteiger partial charge on any atom is -0.369 e. The minimum absolute atomic E-state index is 0.137. The first-order chi connectivity index (χ1) is 7.03. The third-order valence-corrected chi connectivity index (χ3v) is 4.02. The molecule has 1 aromatic rings. The summed E-state index contributed by atoms with van der Waals surface area (Å²) in [5.74, 6) is 0.994. The summed E-state index contributed by atoms with van der Waals surface area (Å²) >= 11 is 3.24. The van der Waals surface area contributed by atoms with Gasteiger partial charge in [-0.25, -0.2) is 13.4 Å². The van der Waals surface area contributed by atoms with Gasteiger partial charge in [-0.1, -0.05) is 13.0 Å². The number of hydrogen-bond donors (Lipinski definition) is 1. The zero-order valence-electron chi connectivity index (χ0n) is 8.40. The minimum atomic E-state index is -2.90. The van der Waals surface area contributed by atoms with E-state index < -0.39 is 9.84 Å². The van der Waals surface area contributed by atoms with Crippen LogP contribution in [0.15, 0.2) is 22.8 Å². The number of anilines is 1. The molecule has 1 rings (SSSR count). The van der Waals surface area contributed by atoms with Crippen LogP contribution in [0.3, 0.4) is 0 Å². The fraction of sp³-hybridized carbons (Fsp3) is 0.444. The van der Waals surface area contributed by atoms with Gasteiger partial charge in [0.05, 0.1) is 5.75 Å². The highest BCUT2D eigenvalue weighted by Crippen LogP contribution is 2.09. The van der Waals surface area contributed by atoms with E-state index in [-0.39, 0.29) is 11.5 Å². The smallest absolute Gasteiger partial charge is 0.151 e. The van der Waals surface area contributed by atoms with Crippen molar-refractivity contribution in [3.63, 3.8) is 0 Å². The summed E-state index contributed by atoms with van der Waals surface area (Å²) in [6.45, 7) is 2.03. The molecule has 0 spiro atoms. The number of aromatic nitrogens is 1. The summed E-state index contributed by atoms with van der Waals surface area (Å²) < 4.78 is 23.1. The van der Waals surface area contributed by atoms with Crippen molar-refractivity contribution in [3.8, 4) is 0 Å². The first-order valence-electron chi connectivity index (χ1n) is 4.60. The Labute approximate surface area is 98.2 Å². The Balaban J connectivity index is 2.45. The van der Waals surface area contributed by atoms with E-state index in [2.05, 4.69) is 26.2 Å². The van der Waals surface area contributed by atoms with E-state index in [1.165, 1.54) is 0 Å². The molecule has 0 amide bonds. The van der Waals surface area contributed by atoms with Crippen molar-refractivity contribution in [3.05, 3.63) is 22.8 Å². The highest BCUT2D eigenvalue weighted by atomic mass is 79.9. The number of hydrogen-bond acceptors (Lipinski definition) is 4. The zero-order chi connectivity index (χ0) is 11.3. The maximum absolute atomic E-state index is 11.2. The molecule has 0 bridgehead atoms. The molecule has 1 heterocycles. The van der Waals surface area contributed by atoms with Gasteiger partial charge in [-0.2, -0.15) is 0 Å². The monoisotopic (exact) mass is 292 g/mol. The normalized spacial score (nSPS) is 11.3. The van der Waals surface area contributed by atoms with Crippen molar-refractivity contribution < 1.29 is 8.42 Å². The Morgan fingerprint density at radius 2 is 2.20 bits per heavy atom. The highest BCUT2D eigenvalue weighted by Gasteiger charge is 2.06. The van der Waals surface area contributed by atoms with E-state index in [0.717, 1.165) is 4.60 Å². The Morgan fingerprint density at radius 3 is 2.80 bits per heavy atom. The molecule has 0 saturated carbocycles. The number of rotatable bonds is 5. The molecule has 0 saturated heterocycles. The van der Waals surface area contributed by atoms with Gasteiger partial charge in [0.25, 0.3) is 0 Å². The van der Waals surface area contributed by atoms with Crippen LogP contribution in [0.4, 0.5) is 5.82 Å². The second-order valence-corrected chi connectivity index (χ2v) is 6.29. The second kappa shape index (κ2) is 5.46. The lowest BCUT2D eigenvalue weighted by atomic mass is 10.4. The van der Waals surface area contributed by atoms with Crippen LogP contribution in [0.25, 0.3) is 0 Å². The van der Waals surface area contributed by atoms with E-state index in [1.807, 2.05) is 12.1 Å². The lowest BCUT2D eigenvalue weighted by Gasteiger charge is -2.05. The van der Waals surface area contributed by atoms with Gasteiger partial charge >= 0.3 is 0 Å². The molecular formula is C9H13BrN2O2S. The standard InChI is InChI=1S/C9H13BrN2O2S/c1-2-15(13,14)7-6-11-9-5-3-4-8(10)12-9/h3-5H,2,6-7H2,1H3,(H,11,12). The molecule has 0 radical (unpaired) electrons. The molecule has 4 nitrogen and oxygen atoms in total. The van der Waals surface area contributed by atoms with Crippen molar-refractivity contribution in [2.45, 2.75) is 6.92 Å². The lowest BCUT2D eigenvalue weighted by Crippen LogP contribution is -2.17. The summed E-state index contributed by atoms with van der Waals surface area (Å²) in [4.78, 5) is 4.13. The fourth-order valence-electron chi connectivity index (χ4n) is 0.986. The van der Waals surface area contributed by atoms with Crippen molar-refractivity contribution in [1.29, 1.82) is 0 Å². The quantitative estimate of drug-likeness (QED) is 0.839. The summed E-state index contributed by atoms with van der Waals surface area (Å²) in [5.41, 5.74) is 0.